The molecule has 0 radical (unpaired) electrons. The van der Waals surface area contributed by atoms with Gasteiger partial charge in [-0.2, -0.15) is 0 Å². The third-order valence-corrected chi connectivity index (χ3v) is 10.6. The molecule has 3 N–H and O–H groups in total. The number of furan rings is 1. The van der Waals surface area contributed by atoms with Crippen LogP contribution < -0.4 is 16.0 Å². The summed E-state index contributed by atoms with van der Waals surface area (Å²) in [5.41, 5.74) is 9.91. The van der Waals surface area contributed by atoms with Crippen LogP contribution in [0.4, 0.5) is 0 Å². The van der Waals surface area contributed by atoms with Gasteiger partial charge < -0.3 is 13.6 Å². The van der Waals surface area contributed by atoms with E-state index in [1.165, 1.54) is 38.3 Å². The Hall–Kier alpha value is -6.18. The molecule has 7 aromatic carbocycles. The van der Waals surface area contributed by atoms with Gasteiger partial charge in [-0.25, -0.2) is 0 Å². The van der Waals surface area contributed by atoms with Crippen molar-refractivity contribution in [2.24, 2.45) is 0 Å². The second kappa shape index (κ2) is 11.2. The zero-order valence-electron chi connectivity index (χ0n) is 27.6. The monoisotopic (exact) mass is 659 g/mol. The van der Waals surface area contributed by atoms with Gasteiger partial charge in [0.25, 0.3) is 0 Å². The average Bonchev–Trinajstić information content (AvgIpc) is 3.85. The fourth-order valence-corrected chi connectivity index (χ4v) is 8.36. The molecule has 51 heavy (non-hydrogen) atoms. The van der Waals surface area contributed by atoms with Crippen molar-refractivity contribution in [1.29, 1.82) is 0 Å². The van der Waals surface area contributed by atoms with Crippen LogP contribution in [-0.2, 0) is 0 Å². The molecule has 4 heterocycles. The van der Waals surface area contributed by atoms with E-state index in [4.69, 9.17) is 4.42 Å². The summed E-state index contributed by atoms with van der Waals surface area (Å²) >= 11 is 0. The van der Waals surface area contributed by atoms with E-state index < -0.39 is 0 Å². The summed E-state index contributed by atoms with van der Waals surface area (Å²) in [7, 11) is 0. The lowest BCUT2D eigenvalue weighted by Gasteiger charge is -2.40. The Kier molecular flexibility index (Phi) is 6.27. The first-order chi connectivity index (χ1) is 25.3. The normalized spacial score (nSPS) is 18.2. The summed E-state index contributed by atoms with van der Waals surface area (Å²) < 4.78 is 11.4. The maximum atomic E-state index is 6.49. The number of hydrogen-bond donors (Lipinski definition) is 3. The minimum Gasteiger partial charge on any atom is -0.456 e. The van der Waals surface area contributed by atoms with Crippen molar-refractivity contribution in [2.75, 3.05) is 0 Å². The van der Waals surface area contributed by atoms with E-state index >= 15 is 0 Å². The van der Waals surface area contributed by atoms with E-state index in [1.54, 1.807) is 0 Å². The second-order valence-corrected chi connectivity index (χ2v) is 13.5. The molecule has 1 aliphatic rings. The van der Waals surface area contributed by atoms with Gasteiger partial charge in [0.05, 0.1) is 34.4 Å². The van der Waals surface area contributed by atoms with Crippen LogP contribution in [0.15, 0.2) is 168 Å². The molecule has 244 valence electrons. The third kappa shape index (κ3) is 4.34. The van der Waals surface area contributed by atoms with Gasteiger partial charge in [-0.3, -0.25) is 16.0 Å². The predicted octanol–water partition coefficient (Wildman–Crippen LogP) is 10.4. The Balaban J connectivity index is 1.28. The molecule has 0 bridgehead atoms. The van der Waals surface area contributed by atoms with E-state index in [9.17, 15) is 0 Å². The van der Waals surface area contributed by atoms with Crippen molar-refractivity contribution in [3.05, 3.63) is 175 Å². The highest BCUT2D eigenvalue weighted by atomic mass is 16.3. The van der Waals surface area contributed by atoms with Crippen molar-refractivity contribution < 1.29 is 4.42 Å². The first kappa shape index (κ1) is 28.6. The average molecular weight is 660 g/mol. The van der Waals surface area contributed by atoms with Crippen LogP contribution in [0.25, 0.3) is 71.2 Å². The first-order valence-corrected chi connectivity index (χ1v) is 17.5. The fourth-order valence-electron chi connectivity index (χ4n) is 8.36. The van der Waals surface area contributed by atoms with Gasteiger partial charge in [-0.15, -0.1) is 0 Å². The van der Waals surface area contributed by atoms with E-state index in [0.29, 0.717) is 0 Å². The fraction of sp³-hybridized carbons (Fsp3) is 0.0667. The van der Waals surface area contributed by atoms with E-state index in [-0.39, 0.29) is 18.6 Å². The van der Waals surface area contributed by atoms with Crippen LogP contribution in [0.3, 0.4) is 0 Å². The smallest absolute Gasteiger partial charge is 0.142 e. The Morgan fingerprint density at radius 1 is 0.412 bits per heavy atom. The SMILES string of the molecule is c1ccc(C2NC(c3ccccc3)NC(n3c4cc5c(cc4c4ccc6c7ccccc7n(-c7ccccc7)c6c43)oc3ccccc35)N2)cc1. The molecule has 1 aliphatic heterocycles. The van der Waals surface area contributed by atoms with Crippen LogP contribution >= 0.6 is 0 Å². The molecule has 2 atom stereocenters. The van der Waals surface area contributed by atoms with Gasteiger partial charge in [0.1, 0.15) is 17.5 Å². The summed E-state index contributed by atoms with van der Waals surface area (Å²) in [6, 6.07) is 58.3. The summed E-state index contributed by atoms with van der Waals surface area (Å²) in [5, 5.41) is 18.9. The molecule has 1 fully saturated rings. The molecule has 10 aromatic rings. The number of aromatic nitrogens is 2. The van der Waals surface area contributed by atoms with Crippen LogP contribution in [-0.4, -0.2) is 9.13 Å². The van der Waals surface area contributed by atoms with Crippen LogP contribution in [0, 0.1) is 0 Å². The predicted molar refractivity (Wildman–Crippen MR) is 208 cm³/mol. The molecule has 6 nitrogen and oxygen atoms in total. The van der Waals surface area contributed by atoms with Crippen LogP contribution in [0.2, 0.25) is 0 Å². The highest BCUT2D eigenvalue weighted by Gasteiger charge is 2.33. The Bertz CT molecular complexity index is 2860. The maximum Gasteiger partial charge on any atom is 0.142 e. The zero-order chi connectivity index (χ0) is 33.5. The van der Waals surface area contributed by atoms with E-state index in [0.717, 1.165) is 44.0 Å². The Labute approximate surface area is 293 Å². The lowest BCUT2D eigenvalue weighted by molar-refractivity contribution is 0.161. The van der Waals surface area contributed by atoms with Gasteiger partial charge in [0.2, 0.25) is 0 Å². The summed E-state index contributed by atoms with van der Waals surface area (Å²) in [5.74, 6) is 0. The molecule has 11 rings (SSSR count). The molecule has 1 saturated heterocycles. The van der Waals surface area contributed by atoms with E-state index in [1.807, 2.05) is 6.07 Å². The molecule has 6 heteroatoms. The summed E-state index contributed by atoms with van der Waals surface area (Å²) in [6.07, 6.45) is -0.522. The summed E-state index contributed by atoms with van der Waals surface area (Å²) in [4.78, 5) is 0. The Morgan fingerprint density at radius 3 is 1.71 bits per heavy atom. The third-order valence-electron chi connectivity index (χ3n) is 10.6. The molecular formula is C45H33N5O. The van der Waals surface area contributed by atoms with Crippen molar-refractivity contribution in [1.82, 2.24) is 25.1 Å². The number of nitrogens with zero attached hydrogens (tertiary/aromatic N) is 2. The first-order valence-electron chi connectivity index (χ1n) is 17.5. The molecular weight excluding hydrogens is 627 g/mol. The maximum absolute atomic E-state index is 6.49. The number of nitrogens with one attached hydrogen (secondary N) is 3. The second-order valence-electron chi connectivity index (χ2n) is 13.5. The summed E-state index contributed by atoms with van der Waals surface area (Å²) in [6.45, 7) is 0. The van der Waals surface area contributed by atoms with Crippen LogP contribution in [0.5, 0.6) is 0 Å². The van der Waals surface area contributed by atoms with E-state index in [2.05, 4.69) is 183 Å². The number of rotatable bonds is 4. The number of hydrogen-bond acceptors (Lipinski definition) is 4. The lowest BCUT2D eigenvalue weighted by Crippen LogP contribution is -2.56. The number of fused-ring (bicyclic) bond motifs is 10. The Morgan fingerprint density at radius 2 is 1.00 bits per heavy atom. The molecule has 2 unspecified atom stereocenters. The number of benzene rings is 7. The van der Waals surface area contributed by atoms with Crippen molar-refractivity contribution in [3.63, 3.8) is 0 Å². The molecule has 0 spiro atoms. The van der Waals surface area contributed by atoms with Gasteiger partial charge >= 0.3 is 0 Å². The zero-order valence-corrected chi connectivity index (χ0v) is 27.6. The van der Waals surface area contributed by atoms with Crippen molar-refractivity contribution in [3.8, 4) is 5.69 Å². The minimum atomic E-state index is -0.287. The van der Waals surface area contributed by atoms with Crippen molar-refractivity contribution in [2.45, 2.75) is 18.6 Å². The standard InChI is InChI=1S/C45H33N5O/c1-4-14-28(15-5-1)43-46-44(29-16-6-2-7-17-29)48-45(47-43)50-38-26-36-32-21-11-13-23-39(32)51-40(36)27-35(38)34-25-24-33-31-20-10-12-22-37(31)49(41(33)42(34)50)30-18-8-3-9-19-30/h1-27,43-48H. The highest BCUT2D eigenvalue weighted by molar-refractivity contribution is 6.25. The van der Waals surface area contributed by atoms with Gasteiger partial charge in [-0.05, 0) is 47.5 Å². The molecule has 0 amide bonds. The lowest BCUT2D eigenvalue weighted by atomic mass is 10.1. The highest BCUT2D eigenvalue weighted by Crippen LogP contribution is 2.44. The van der Waals surface area contributed by atoms with Crippen LogP contribution in [0.1, 0.15) is 29.7 Å². The molecule has 3 aromatic heterocycles. The topological polar surface area (TPSA) is 59.1 Å². The largest absolute Gasteiger partial charge is 0.456 e. The quantitative estimate of drug-likeness (QED) is 0.176. The molecule has 0 saturated carbocycles. The number of para-hydroxylation sites is 3. The van der Waals surface area contributed by atoms with Gasteiger partial charge in [0.15, 0.2) is 0 Å². The van der Waals surface area contributed by atoms with Crippen molar-refractivity contribution >= 4 is 65.6 Å². The molecule has 0 aliphatic carbocycles. The van der Waals surface area contributed by atoms with Gasteiger partial charge in [-0.1, -0.05) is 127 Å². The van der Waals surface area contributed by atoms with Gasteiger partial charge in [0, 0.05) is 38.0 Å². The minimum absolute atomic E-state index is 0.118.